The molecule has 0 unspecified atom stereocenters. The highest BCUT2D eigenvalue weighted by molar-refractivity contribution is 5.83. The van der Waals surface area contributed by atoms with Gasteiger partial charge in [-0.1, -0.05) is 0 Å². The third-order valence-corrected chi connectivity index (χ3v) is 1.86. The molecule has 0 aliphatic carbocycles. The fourth-order valence-electron chi connectivity index (χ4n) is 1.19. The van der Waals surface area contributed by atoms with Crippen LogP contribution in [0, 0.1) is 25.4 Å². The predicted octanol–water partition coefficient (Wildman–Crippen LogP) is 0.278. The first-order valence-electron chi connectivity index (χ1n) is 3.83. The summed E-state index contributed by atoms with van der Waals surface area (Å²) >= 11 is 0. The Morgan fingerprint density at radius 2 is 1.94 bits per heavy atom. The summed E-state index contributed by atoms with van der Waals surface area (Å²) in [5.74, 6) is 0. The quantitative estimate of drug-likeness (QED) is 0.406. The Morgan fingerprint density at radius 1 is 1.25 bits per heavy atom. The van der Waals surface area contributed by atoms with Crippen molar-refractivity contribution in [2.24, 2.45) is 0 Å². The van der Waals surface area contributed by atoms with Crippen LogP contribution in [0.15, 0.2) is 16.8 Å². The third kappa shape index (κ3) is 1.28. The van der Waals surface area contributed by atoms with Gasteiger partial charge in [-0.3, -0.25) is 24.9 Å². The van der Waals surface area contributed by atoms with E-state index >= 15 is 0 Å². The first kappa shape index (κ1) is 9.76. The molecule has 0 radical (unpaired) electrons. The molecule has 0 fully saturated rings. The normalized spacial score (nSPS) is 10.5. The van der Waals surface area contributed by atoms with E-state index in [0.717, 1.165) is 6.07 Å². The van der Waals surface area contributed by atoms with E-state index in [4.69, 9.17) is 0 Å². The second kappa shape index (κ2) is 3.12. The summed E-state index contributed by atoms with van der Waals surface area (Å²) in [7, 11) is 0. The molecular formula is C6H2N4O6. The maximum atomic E-state index is 11.0. The highest BCUT2D eigenvalue weighted by Gasteiger charge is 2.28. The Balaban J connectivity index is 2.86. The molecule has 16 heavy (non-hydrogen) atoms. The smallest absolute Gasteiger partial charge is 0.333 e. The van der Waals surface area contributed by atoms with E-state index in [2.05, 4.69) is 9.79 Å². The Bertz CT molecular complexity index is 604. The first-order valence-corrected chi connectivity index (χ1v) is 3.83. The number of nitrogens with zero attached hydrogens (tertiary/aromatic N) is 4. The number of nitro groups is 2. The minimum absolute atomic E-state index is 0.130. The fraction of sp³-hybridized carbons (Fsp3) is 0. The minimum atomic E-state index is -0.877. The number of fused-ring (bicyclic) bond motifs is 1. The van der Waals surface area contributed by atoms with E-state index in [9.17, 15) is 25.4 Å². The van der Waals surface area contributed by atoms with Crippen LogP contribution in [0.4, 0.5) is 11.4 Å². The summed E-state index contributed by atoms with van der Waals surface area (Å²) in [6.45, 7) is 0. The van der Waals surface area contributed by atoms with Gasteiger partial charge in [-0.2, -0.15) is 0 Å². The Morgan fingerprint density at radius 3 is 2.50 bits per heavy atom. The van der Waals surface area contributed by atoms with E-state index in [-0.39, 0.29) is 15.9 Å². The molecule has 10 heteroatoms. The van der Waals surface area contributed by atoms with Gasteiger partial charge >= 0.3 is 11.2 Å². The molecule has 0 aliphatic rings. The number of hydrogen-bond acceptors (Lipinski definition) is 7. The molecule has 1 aromatic heterocycles. The van der Waals surface area contributed by atoms with Crippen molar-refractivity contribution in [2.45, 2.75) is 0 Å². The number of benzene rings is 1. The zero-order chi connectivity index (χ0) is 11.9. The van der Waals surface area contributed by atoms with Crippen molar-refractivity contribution in [3.63, 3.8) is 0 Å². The van der Waals surface area contributed by atoms with Crippen molar-refractivity contribution in [1.29, 1.82) is 0 Å². The van der Waals surface area contributed by atoms with Crippen molar-refractivity contribution in [1.82, 2.24) is 5.16 Å². The van der Waals surface area contributed by atoms with Gasteiger partial charge in [-0.15, -0.1) is 0 Å². The molecule has 0 amide bonds. The third-order valence-electron chi connectivity index (χ3n) is 1.86. The fourth-order valence-corrected chi connectivity index (χ4v) is 1.19. The molecule has 0 spiro atoms. The molecule has 0 N–H and O–H groups in total. The summed E-state index contributed by atoms with van der Waals surface area (Å²) in [5.41, 5.74) is -1.92. The van der Waals surface area contributed by atoms with E-state index in [1.54, 1.807) is 0 Å². The molecule has 0 atom stereocenters. The van der Waals surface area contributed by atoms with E-state index in [0.29, 0.717) is 6.07 Å². The van der Waals surface area contributed by atoms with Crippen LogP contribution in [-0.2, 0) is 0 Å². The Labute approximate surface area is 85.5 Å². The second-order valence-corrected chi connectivity index (χ2v) is 2.78. The number of hydrogen-bond donors (Lipinski definition) is 0. The Kier molecular flexibility index (Phi) is 1.90. The SMILES string of the molecule is O=[N+]([O-])c1cc([N+](=O)[O-])c2no[n+]([O-])c2c1. The van der Waals surface area contributed by atoms with Gasteiger partial charge in [-0.05, 0) is 4.90 Å². The van der Waals surface area contributed by atoms with Gasteiger partial charge in [0.05, 0.1) is 27.1 Å². The molecule has 1 heterocycles. The lowest BCUT2D eigenvalue weighted by Gasteiger charge is -1.91. The minimum Gasteiger partial charge on any atom is -0.359 e. The average Bonchev–Trinajstić information content (AvgIpc) is 2.59. The van der Waals surface area contributed by atoms with Crippen LogP contribution in [0.5, 0.6) is 0 Å². The van der Waals surface area contributed by atoms with Crippen LogP contribution in [-0.4, -0.2) is 15.0 Å². The molecule has 10 nitrogen and oxygen atoms in total. The molecule has 2 aromatic rings. The molecule has 82 valence electrons. The van der Waals surface area contributed by atoms with Crippen molar-refractivity contribution >= 4 is 22.4 Å². The van der Waals surface area contributed by atoms with E-state index in [1.165, 1.54) is 0 Å². The van der Waals surface area contributed by atoms with Gasteiger partial charge in [0.2, 0.25) is 5.52 Å². The molecule has 0 aliphatic heterocycles. The van der Waals surface area contributed by atoms with Crippen molar-refractivity contribution < 1.29 is 19.4 Å². The molecule has 2 rings (SSSR count). The molecule has 1 aromatic carbocycles. The lowest BCUT2D eigenvalue weighted by molar-refractivity contribution is -0.782. The Hall–Kier alpha value is -2.78. The van der Waals surface area contributed by atoms with Crippen LogP contribution >= 0.6 is 0 Å². The van der Waals surface area contributed by atoms with Crippen molar-refractivity contribution in [2.75, 3.05) is 0 Å². The second-order valence-electron chi connectivity index (χ2n) is 2.78. The van der Waals surface area contributed by atoms with Crippen molar-refractivity contribution in [3.05, 3.63) is 37.6 Å². The summed E-state index contributed by atoms with van der Waals surface area (Å²) in [4.78, 5) is 19.2. The van der Waals surface area contributed by atoms with Gasteiger partial charge in [0.25, 0.3) is 5.69 Å². The lowest BCUT2D eigenvalue weighted by Crippen LogP contribution is -2.22. The first-order chi connectivity index (χ1) is 7.50. The largest absolute Gasteiger partial charge is 0.359 e. The highest BCUT2D eigenvalue weighted by Crippen LogP contribution is 2.27. The van der Waals surface area contributed by atoms with Gasteiger partial charge < -0.3 is 5.21 Å². The van der Waals surface area contributed by atoms with E-state index in [1.807, 2.05) is 0 Å². The monoisotopic (exact) mass is 226 g/mol. The van der Waals surface area contributed by atoms with Crippen LogP contribution in [0.3, 0.4) is 0 Å². The summed E-state index contributed by atoms with van der Waals surface area (Å²) in [6.07, 6.45) is 0. The van der Waals surface area contributed by atoms with Gasteiger partial charge in [0, 0.05) is 0 Å². The number of rotatable bonds is 2. The highest BCUT2D eigenvalue weighted by atomic mass is 16.8. The maximum absolute atomic E-state index is 11.0. The van der Waals surface area contributed by atoms with Crippen LogP contribution < -0.4 is 4.90 Å². The summed E-state index contributed by atoms with van der Waals surface area (Å²) in [6, 6.07) is 1.57. The van der Waals surface area contributed by atoms with Gasteiger partial charge in [-0.25, -0.2) is 0 Å². The summed E-state index contributed by atoms with van der Waals surface area (Å²) in [5, 5.41) is 35.2. The zero-order valence-electron chi connectivity index (χ0n) is 7.39. The van der Waals surface area contributed by atoms with Gasteiger partial charge in [0.15, 0.2) is 0 Å². The maximum Gasteiger partial charge on any atom is 0.333 e. The molecule has 0 bridgehead atoms. The zero-order valence-corrected chi connectivity index (χ0v) is 7.39. The summed E-state index contributed by atoms with van der Waals surface area (Å²) < 4.78 is 4.12. The molecule has 0 saturated carbocycles. The molecular weight excluding hydrogens is 224 g/mol. The molecule has 0 saturated heterocycles. The van der Waals surface area contributed by atoms with Crippen LogP contribution in [0.2, 0.25) is 0 Å². The number of aromatic nitrogens is 2. The average molecular weight is 226 g/mol. The van der Waals surface area contributed by atoms with Crippen LogP contribution in [0.25, 0.3) is 11.0 Å². The standard InChI is InChI=1S/C6H2N4O6/c11-8(12)3-1-4(9(13)14)6-5(2-3)10(15)16-7-6/h1-2H. The number of nitro benzene ring substituents is 2. The van der Waals surface area contributed by atoms with Gasteiger partial charge in [0.1, 0.15) is 0 Å². The topological polar surface area (TPSA) is 139 Å². The number of non-ortho nitro benzene ring substituents is 2. The predicted molar refractivity (Wildman–Crippen MR) is 46.3 cm³/mol. The van der Waals surface area contributed by atoms with Crippen LogP contribution in [0.1, 0.15) is 0 Å². The van der Waals surface area contributed by atoms with E-state index < -0.39 is 21.2 Å². The lowest BCUT2D eigenvalue weighted by atomic mass is 10.2. The van der Waals surface area contributed by atoms with Crippen molar-refractivity contribution in [3.8, 4) is 0 Å².